The minimum Gasteiger partial charge on any atom is -0.495 e. The van der Waals surface area contributed by atoms with Crippen molar-refractivity contribution >= 4 is 29.3 Å². The predicted molar refractivity (Wildman–Crippen MR) is 105 cm³/mol. The molecule has 0 aliphatic rings. The first-order valence-electron chi connectivity index (χ1n) is 8.12. The molecule has 0 heterocycles. The number of carbonyl (C=O) groups is 1. The van der Waals surface area contributed by atoms with E-state index < -0.39 is 0 Å². The van der Waals surface area contributed by atoms with Crippen LogP contribution in [0, 0.1) is 6.92 Å². The van der Waals surface area contributed by atoms with Crippen molar-refractivity contribution in [2.75, 3.05) is 26.1 Å². The number of rotatable bonds is 7. The zero-order valence-corrected chi connectivity index (χ0v) is 16.0. The molecule has 26 heavy (non-hydrogen) atoms. The van der Waals surface area contributed by atoms with E-state index in [-0.39, 0.29) is 5.91 Å². The summed E-state index contributed by atoms with van der Waals surface area (Å²) in [7, 11) is 3.09. The molecule has 2 rings (SSSR count). The molecule has 0 aromatic heterocycles. The molecule has 2 aromatic rings. The SMILES string of the molecule is CCOc1cc(/C=C/C(=O)Nc2cc(C)ccc2OC)cc(Cl)c1OC. The fourth-order valence-corrected chi connectivity index (χ4v) is 2.71. The van der Waals surface area contributed by atoms with Gasteiger partial charge in [-0.25, -0.2) is 0 Å². The third-order valence-electron chi connectivity index (χ3n) is 3.58. The van der Waals surface area contributed by atoms with Gasteiger partial charge in [-0.1, -0.05) is 17.7 Å². The molecule has 0 saturated heterocycles. The number of benzene rings is 2. The van der Waals surface area contributed by atoms with Gasteiger partial charge in [0, 0.05) is 6.08 Å². The van der Waals surface area contributed by atoms with Gasteiger partial charge >= 0.3 is 0 Å². The van der Waals surface area contributed by atoms with E-state index in [1.165, 1.54) is 13.2 Å². The van der Waals surface area contributed by atoms with Gasteiger partial charge in [0.2, 0.25) is 5.91 Å². The number of aryl methyl sites for hydroxylation is 1. The second kappa shape index (κ2) is 9.15. The van der Waals surface area contributed by atoms with Crippen LogP contribution in [0.5, 0.6) is 17.2 Å². The summed E-state index contributed by atoms with van der Waals surface area (Å²) in [6.45, 7) is 4.30. The van der Waals surface area contributed by atoms with Crippen LogP contribution in [-0.4, -0.2) is 26.7 Å². The van der Waals surface area contributed by atoms with Gasteiger partial charge < -0.3 is 19.5 Å². The summed E-state index contributed by atoms with van der Waals surface area (Å²) in [5, 5.41) is 3.23. The maximum atomic E-state index is 12.2. The molecular formula is C20H22ClNO4. The van der Waals surface area contributed by atoms with Gasteiger partial charge in [0.1, 0.15) is 5.75 Å². The van der Waals surface area contributed by atoms with Crippen LogP contribution in [-0.2, 0) is 4.79 Å². The molecule has 0 atom stereocenters. The van der Waals surface area contributed by atoms with E-state index >= 15 is 0 Å². The Morgan fingerprint density at radius 2 is 1.92 bits per heavy atom. The fourth-order valence-electron chi connectivity index (χ4n) is 2.41. The number of amides is 1. The third-order valence-corrected chi connectivity index (χ3v) is 3.86. The Morgan fingerprint density at radius 3 is 2.58 bits per heavy atom. The number of halogens is 1. The first kappa shape index (κ1) is 19.7. The van der Waals surface area contributed by atoms with Crippen LogP contribution in [0.4, 0.5) is 5.69 Å². The summed E-state index contributed by atoms with van der Waals surface area (Å²) in [5.41, 5.74) is 2.36. The van der Waals surface area contributed by atoms with Gasteiger partial charge in [0.25, 0.3) is 0 Å². The fraction of sp³-hybridized carbons (Fsp3) is 0.250. The molecule has 0 radical (unpaired) electrons. The molecule has 0 aliphatic heterocycles. The van der Waals surface area contributed by atoms with Crippen LogP contribution < -0.4 is 19.5 Å². The Balaban J connectivity index is 2.19. The number of methoxy groups -OCH3 is 2. The predicted octanol–water partition coefficient (Wildman–Crippen LogP) is 4.72. The maximum absolute atomic E-state index is 12.2. The van der Waals surface area contributed by atoms with Crippen LogP contribution in [0.15, 0.2) is 36.4 Å². The quantitative estimate of drug-likeness (QED) is 0.711. The standard InChI is InChI=1S/C20H22ClNO4/c1-5-26-18-12-14(11-15(21)20(18)25-4)7-9-19(23)22-16-10-13(2)6-8-17(16)24-3/h6-12H,5H2,1-4H3,(H,22,23)/b9-7+. The molecule has 0 fully saturated rings. The number of anilines is 1. The van der Waals surface area contributed by atoms with Gasteiger partial charge in [0.05, 0.1) is 31.5 Å². The number of ether oxygens (including phenoxy) is 3. The summed E-state index contributed by atoms with van der Waals surface area (Å²) in [6.07, 6.45) is 3.08. The van der Waals surface area contributed by atoms with Crippen molar-refractivity contribution in [1.82, 2.24) is 0 Å². The summed E-state index contributed by atoms with van der Waals surface area (Å²) in [6, 6.07) is 9.05. The van der Waals surface area contributed by atoms with E-state index in [0.29, 0.717) is 34.6 Å². The highest BCUT2D eigenvalue weighted by atomic mass is 35.5. The van der Waals surface area contributed by atoms with Gasteiger partial charge in [-0.15, -0.1) is 0 Å². The van der Waals surface area contributed by atoms with E-state index in [1.54, 1.807) is 25.3 Å². The molecule has 5 nitrogen and oxygen atoms in total. The molecule has 0 bridgehead atoms. The maximum Gasteiger partial charge on any atom is 0.248 e. The lowest BCUT2D eigenvalue weighted by atomic mass is 10.1. The van der Waals surface area contributed by atoms with E-state index in [2.05, 4.69) is 5.32 Å². The molecule has 0 spiro atoms. The van der Waals surface area contributed by atoms with E-state index in [4.69, 9.17) is 25.8 Å². The number of hydrogen-bond donors (Lipinski definition) is 1. The van der Waals surface area contributed by atoms with E-state index in [1.807, 2.05) is 32.0 Å². The topological polar surface area (TPSA) is 56.8 Å². The van der Waals surface area contributed by atoms with Crippen molar-refractivity contribution in [2.45, 2.75) is 13.8 Å². The van der Waals surface area contributed by atoms with Gasteiger partial charge in [-0.05, 0) is 55.3 Å². The average molecular weight is 376 g/mol. The zero-order valence-electron chi connectivity index (χ0n) is 15.3. The van der Waals surface area contributed by atoms with Crippen molar-refractivity contribution in [2.24, 2.45) is 0 Å². The molecule has 0 saturated carbocycles. The molecule has 1 N–H and O–H groups in total. The lowest BCUT2D eigenvalue weighted by molar-refractivity contribution is -0.111. The van der Waals surface area contributed by atoms with Crippen LogP contribution in [0.25, 0.3) is 6.08 Å². The normalized spacial score (nSPS) is 10.7. The van der Waals surface area contributed by atoms with Crippen LogP contribution >= 0.6 is 11.6 Å². The smallest absolute Gasteiger partial charge is 0.248 e. The molecular weight excluding hydrogens is 354 g/mol. The van der Waals surface area contributed by atoms with Crippen LogP contribution in [0.2, 0.25) is 5.02 Å². The highest BCUT2D eigenvalue weighted by Gasteiger charge is 2.11. The Hall–Kier alpha value is -2.66. The van der Waals surface area contributed by atoms with E-state index in [0.717, 1.165) is 11.1 Å². The van der Waals surface area contributed by atoms with Crippen molar-refractivity contribution in [3.8, 4) is 17.2 Å². The lowest BCUT2D eigenvalue weighted by Gasteiger charge is -2.12. The third kappa shape index (κ3) is 4.92. The minimum atomic E-state index is -0.279. The van der Waals surface area contributed by atoms with Crippen molar-refractivity contribution in [3.05, 3.63) is 52.6 Å². The summed E-state index contributed by atoms with van der Waals surface area (Å²) in [4.78, 5) is 12.2. The Labute approximate surface area is 158 Å². The second-order valence-electron chi connectivity index (χ2n) is 5.49. The highest BCUT2D eigenvalue weighted by molar-refractivity contribution is 6.32. The monoisotopic (exact) mass is 375 g/mol. The zero-order chi connectivity index (χ0) is 19.1. The van der Waals surface area contributed by atoms with Crippen molar-refractivity contribution in [1.29, 1.82) is 0 Å². The number of nitrogens with one attached hydrogen (secondary N) is 1. The first-order chi connectivity index (χ1) is 12.5. The van der Waals surface area contributed by atoms with Gasteiger partial charge in [-0.3, -0.25) is 4.79 Å². The first-order valence-corrected chi connectivity index (χ1v) is 8.50. The Kier molecular flexibility index (Phi) is 6.92. The molecule has 138 valence electrons. The van der Waals surface area contributed by atoms with Crippen LogP contribution in [0.1, 0.15) is 18.1 Å². The van der Waals surface area contributed by atoms with Crippen molar-refractivity contribution in [3.63, 3.8) is 0 Å². The highest BCUT2D eigenvalue weighted by Crippen LogP contribution is 2.36. The van der Waals surface area contributed by atoms with Gasteiger partial charge in [-0.2, -0.15) is 0 Å². The molecule has 6 heteroatoms. The van der Waals surface area contributed by atoms with Crippen LogP contribution in [0.3, 0.4) is 0 Å². The van der Waals surface area contributed by atoms with Crippen molar-refractivity contribution < 1.29 is 19.0 Å². The summed E-state index contributed by atoms with van der Waals surface area (Å²) >= 11 is 6.22. The molecule has 2 aromatic carbocycles. The number of carbonyl (C=O) groups excluding carboxylic acids is 1. The minimum absolute atomic E-state index is 0.279. The van der Waals surface area contributed by atoms with Gasteiger partial charge in [0.15, 0.2) is 11.5 Å². The molecule has 0 unspecified atom stereocenters. The second-order valence-corrected chi connectivity index (χ2v) is 5.90. The van der Waals surface area contributed by atoms with E-state index in [9.17, 15) is 4.79 Å². The molecule has 1 amide bonds. The Morgan fingerprint density at radius 1 is 1.15 bits per heavy atom. The summed E-state index contributed by atoms with van der Waals surface area (Å²) < 4.78 is 16.0. The summed E-state index contributed by atoms with van der Waals surface area (Å²) in [5.74, 6) is 1.32. The number of hydrogen-bond acceptors (Lipinski definition) is 4. The Bertz CT molecular complexity index is 818. The molecule has 0 aliphatic carbocycles. The lowest BCUT2D eigenvalue weighted by Crippen LogP contribution is -2.09. The average Bonchev–Trinajstić information content (AvgIpc) is 2.60. The largest absolute Gasteiger partial charge is 0.495 e.